The molecule has 0 aliphatic carbocycles. The van der Waals surface area contributed by atoms with Gasteiger partial charge in [0.1, 0.15) is 11.5 Å². The van der Waals surface area contributed by atoms with Crippen molar-refractivity contribution >= 4 is 23.3 Å². The van der Waals surface area contributed by atoms with Gasteiger partial charge in [0.2, 0.25) is 5.91 Å². The number of aromatic nitrogens is 1. The largest absolute Gasteiger partial charge is 0.467 e. The Morgan fingerprint density at radius 3 is 2.73 bits per heavy atom. The molecule has 2 amide bonds. The average molecular weight is 354 g/mol. The predicted molar refractivity (Wildman–Crippen MR) is 94.7 cm³/mol. The summed E-state index contributed by atoms with van der Waals surface area (Å²) < 4.78 is 10.1. The summed E-state index contributed by atoms with van der Waals surface area (Å²) in [4.78, 5) is 24.4. The first-order valence-corrected chi connectivity index (χ1v) is 7.98. The fraction of sp³-hybridized carbons (Fsp3) is 0.167. The number of amides is 2. The van der Waals surface area contributed by atoms with Crippen LogP contribution in [-0.2, 0) is 11.3 Å². The SMILES string of the molecule is Cc1cc(NC(=O)CNc2ccccc2C(=O)NCc2ccco2)no1. The Kier molecular flexibility index (Phi) is 5.33. The van der Waals surface area contributed by atoms with E-state index < -0.39 is 0 Å². The van der Waals surface area contributed by atoms with Gasteiger partial charge in [-0.2, -0.15) is 0 Å². The standard InChI is InChI=1S/C18H18N4O4/c1-12-9-16(22-26-12)21-17(23)11-19-15-7-3-2-6-14(15)18(24)20-10-13-5-4-8-25-13/h2-9,19H,10-11H2,1H3,(H,20,24)(H,21,22,23). The van der Waals surface area contributed by atoms with E-state index in [9.17, 15) is 9.59 Å². The van der Waals surface area contributed by atoms with Crippen molar-refractivity contribution in [2.24, 2.45) is 0 Å². The highest BCUT2D eigenvalue weighted by atomic mass is 16.5. The minimum atomic E-state index is -0.302. The van der Waals surface area contributed by atoms with Gasteiger partial charge in [0.05, 0.1) is 24.9 Å². The molecule has 0 aliphatic rings. The molecule has 0 aliphatic heterocycles. The number of carbonyl (C=O) groups is 2. The predicted octanol–water partition coefficient (Wildman–Crippen LogP) is 2.56. The molecule has 0 bridgehead atoms. The second-order valence-corrected chi connectivity index (χ2v) is 5.53. The number of nitrogens with one attached hydrogen (secondary N) is 3. The summed E-state index contributed by atoms with van der Waals surface area (Å²) in [5.74, 6) is 1.04. The van der Waals surface area contributed by atoms with Crippen molar-refractivity contribution in [2.45, 2.75) is 13.5 Å². The summed E-state index contributed by atoms with van der Waals surface area (Å²) in [5.41, 5.74) is 0.986. The molecule has 2 aromatic heterocycles. The van der Waals surface area contributed by atoms with E-state index >= 15 is 0 Å². The Morgan fingerprint density at radius 1 is 1.15 bits per heavy atom. The number of carbonyl (C=O) groups excluding carboxylic acids is 2. The van der Waals surface area contributed by atoms with Crippen LogP contribution in [0.15, 0.2) is 57.7 Å². The molecule has 8 nitrogen and oxygen atoms in total. The molecule has 1 aromatic carbocycles. The zero-order valence-electron chi connectivity index (χ0n) is 14.1. The highest BCUT2D eigenvalue weighted by molar-refractivity contribution is 6.00. The zero-order valence-corrected chi connectivity index (χ0v) is 14.1. The number of nitrogens with zero attached hydrogens (tertiary/aromatic N) is 1. The molecular weight excluding hydrogens is 336 g/mol. The van der Waals surface area contributed by atoms with E-state index in [2.05, 4.69) is 21.1 Å². The molecule has 0 spiro atoms. The monoisotopic (exact) mass is 354 g/mol. The summed E-state index contributed by atoms with van der Waals surface area (Å²) in [6.45, 7) is 2.00. The van der Waals surface area contributed by atoms with Crippen LogP contribution >= 0.6 is 0 Å². The minimum absolute atomic E-state index is 0.0195. The lowest BCUT2D eigenvalue weighted by atomic mass is 10.1. The molecular formula is C18H18N4O4. The topological polar surface area (TPSA) is 109 Å². The third-order valence-corrected chi connectivity index (χ3v) is 3.51. The van der Waals surface area contributed by atoms with E-state index in [1.54, 1.807) is 55.7 Å². The molecule has 26 heavy (non-hydrogen) atoms. The van der Waals surface area contributed by atoms with Crippen molar-refractivity contribution in [1.29, 1.82) is 0 Å². The Hall–Kier alpha value is -3.55. The lowest BCUT2D eigenvalue weighted by molar-refractivity contribution is -0.114. The van der Waals surface area contributed by atoms with Gasteiger partial charge >= 0.3 is 0 Å². The van der Waals surface area contributed by atoms with E-state index in [1.165, 1.54) is 0 Å². The molecule has 0 radical (unpaired) electrons. The number of benzene rings is 1. The quantitative estimate of drug-likeness (QED) is 0.601. The highest BCUT2D eigenvalue weighted by Gasteiger charge is 2.12. The molecule has 8 heteroatoms. The maximum Gasteiger partial charge on any atom is 0.253 e. The van der Waals surface area contributed by atoms with Crippen LogP contribution in [0.5, 0.6) is 0 Å². The van der Waals surface area contributed by atoms with Gasteiger partial charge in [-0.25, -0.2) is 0 Å². The van der Waals surface area contributed by atoms with Gasteiger partial charge in [-0.15, -0.1) is 0 Å². The maximum absolute atomic E-state index is 12.4. The van der Waals surface area contributed by atoms with E-state index in [-0.39, 0.29) is 24.9 Å². The number of aryl methyl sites for hydroxylation is 1. The molecule has 2 heterocycles. The summed E-state index contributed by atoms with van der Waals surface area (Å²) in [6.07, 6.45) is 1.55. The highest BCUT2D eigenvalue weighted by Crippen LogP contribution is 2.15. The van der Waals surface area contributed by atoms with Crippen molar-refractivity contribution in [2.75, 3.05) is 17.2 Å². The normalized spacial score (nSPS) is 10.3. The van der Waals surface area contributed by atoms with Crippen molar-refractivity contribution in [3.63, 3.8) is 0 Å². The van der Waals surface area contributed by atoms with E-state index in [0.717, 1.165) is 0 Å². The number of furan rings is 1. The Labute approximate surface area is 149 Å². The smallest absolute Gasteiger partial charge is 0.253 e. The van der Waals surface area contributed by atoms with Crippen LogP contribution in [0.4, 0.5) is 11.5 Å². The number of para-hydroxylation sites is 1. The first kappa shape index (κ1) is 17.3. The Morgan fingerprint density at radius 2 is 2.00 bits per heavy atom. The first-order chi connectivity index (χ1) is 12.6. The van der Waals surface area contributed by atoms with E-state index in [1.807, 2.05) is 0 Å². The molecule has 0 saturated carbocycles. The van der Waals surface area contributed by atoms with Gasteiger partial charge in [-0.3, -0.25) is 9.59 Å². The Bertz CT molecular complexity index is 886. The second kappa shape index (κ2) is 8.02. The lowest BCUT2D eigenvalue weighted by Crippen LogP contribution is -2.26. The third kappa shape index (κ3) is 4.50. The summed E-state index contributed by atoms with van der Waals surface area (Å²) >= 11 is 0. The van der Waals surface area contributed by atoms with Gasteiger partial charge < -0.3 is 24.9 Å². The van der Waals surface area contributed by atoms with Gasteiger partial charge in [-0.05, 0) is 31.2 Å². The fourth-order valence-electron chi connectivity index (χ4n) is 2.30. The number of hydrogen-bond acceptors (Lipinski definition) is 6. The summed E-state index contributed by atoms with van der Waals surface area (Å²) in [7, 11) is 0. The molecule has 0 unspecified atom stereocenters. The van der Waals surface area contributed by atoms with Crippen LogP contribution in [0.1, 0.15) is 21.9 Å². The number of hydrogen-bond donors (Lipinski definition) is 3. The minimum Gasteiger partial charge on any atom is -0.467 e. The average Bonchev–Trinajstić information content (AvgIpc) is 3.30. The maximum atomic E-state index is 12.4. The van der Waals surface area contributed by atoms with Crippen molar-refractivity contribution < 1.29 is 18.5 Å². The van der Waals surface area contributed by atoms with Crippen molar-refractivity contribution in [1.82, 2.24) is 10.5 Å². The van der Waals surface area contributed by atoms with Gasteiger partial charge in [0, 0.05) is 11.8 Å². The van der Waals surface area contributed by atoms with Crippen LogP contribution in [0, 0.1) is 6.92 Å². The zero-order chi connectivity index (χ0) is 18.4. The van der Waals surface area contributed by atoms with E-state index in [4.69, 9.17) is 8.94 Å². The van der Waals surface area contributed by atoms with Gasteiger partial charge in [0.25, 0.3) is 5.91 Å². The molecule has 0 fully saturated rings. The van der Waals surface area contributed by atoms with Crippen molar-refractivity contribution in [3.05, 3.63) is 65.8 Å². The van der Waals surface area contributed by atoms with Gasteiger partial charge in [0.15, 0.2) is 5.82 Å². The molecule has 0 atom stereocenters. The molecule has 3 rings (SSSR count). The summed E-state index contributed by atoms with van der Waals surface area (Å²) in [5, 5.41) is 12.0. The molecule has 3 aromatic rings. The number of rotatable bonds is 7. The first-order valence-electron chi connectivity index (χ1n) is 7.98. The van der Waals surface area contributed by atoms with Crippen LogP contribution in [0.2, 0.25) is 0 Å². The fourth-order valence-corrected chi connectivity index (χ4v) is 2.30. The Balaban J connectivity index is 1.57. The molecule has 3 N–H and O–H groups in total. The van der Waals surface area contributed by atoms with E-state index in [0.29, 0.717) is 28.6 Å². The van der Waals surface area contributed by atoms with Crippen molar-refractivity contribution in [3.8, 4) is 0 Å². The third-order valence-electron chi connectivity index (χ3n) is 3.51. The van der Waals surface area contributed by atoms with Crippen LogP contribution in [0.3, 0.4) is 0 Å². The second-order valence-electron chi connectivity index (χ2n) is 5.53. The summed E-state index contributed by atoms with van der Waals surface area (Å²) in [6, 6.07) is 12.1. The number of anilines is 2. The van der Waals surface area contributed by atoms with Gasteiger partial charge in [-0.1, -0.05) is 17.3 Å². The van der Waals surface area contributed by atoms with Crippen LogP contribution in [0.25, 0.3) is 0 Å². The van der Waals surface area contributed by atoms with Crippen LogP contribution in [-0.4, -0.2) is 23.5 Å². The lowest BCUT2D eigenvalue weighted by Gasteiger charge is -2.11. The van der Waals surface area contributed by atoms with Crippen LogP contribution < -0.4 is 16.0 Å². The molecule has 0 saturated heterocycles. The molecule has 134 valence electrons.